The Hall–Kier alpha value is -5.99. The van der Waals surface area contributed by atoms with Crippen LogP contribution in [0.4, 0.5) is 5.69 Å². The number of aromatic nitrogens is 2. The lowest BCUT2D eigenvalue weighted by molar-refractivity contribution is -0.386. The number of nitrogens with zero attached hydrogens (tertiary/aromatic N) is 5. The minimum absolute atomic E-state index is 0.0634. The van der Waals surface area contributed by atoms with Crippen LogP contribution >= 0.6 is 11.6 Å². The van der Waals surface area contributed by atoms with E-state index in [9.17, 15) is 20.2 Å². The predicted octanol–water partition coefficient (Wildman–Crippen LogP) is 6.71. The van der Waals surface area contributed by atoms with E-state index in [0.717, 1.165) is 4.68 Å². The van der Waals surface area contributed by atoms with E-state index in [-0.39, 0.29) is 35.3 Å². The van der Waals surface area contributed by atoms with Gasteiger partial charge in [0.2, 0.25) is 11.6 Å². The summed E-state index contributed by atoms with van der Waals surface area (Å²) in [5.41, 5.74) is 1.30. The Balaban J connectivity index is 1.44. The van der Waals surface area contributed by atoms with Crippen LogP contribution in [0.25, 0.3) is 33.5 Å². The fraction of sp³-hybridized carbons (Fsp3) is 0.0625. The molecule has 0 bridgehead atoms. The third-order valence-corrected chi connectivity index (χ3v) is 6.99. The summed E-state index contributed by atoms with van der Waals surface area (Å²) in [5, 5.41) is 27.4. The first kappa shape index (κ1) is 28.1. The number of nitro groups is 1. The van der Waals surface area contributed by atoms with E-state index in [0.29, 0.717) is 38.0 Å². The number of furan rings is 1. The number of rotatable bonds is 8. The second-order valence-corrected chi connectivity index (χ2v) is 9.93. The van der Waals surface area contributed by atoms with Gasteiger partial charge in [0.25, 0.3) is 5.56 Å². The van der Waals surface area contributed by atoms with E-state index in [1.54, 1.807) is 72.8 Å². The first-order valence-corrected chi connectivity index (χ1v) is 13.5. The van der Waals surface area contributed by atoms with Gasteiger partial charge in [-0.1, -0.05) is 41.9 Å². The molecule has 0 aliphatic rings. The molecule has 216 valence electrons. The Morgan fingerprint density at radius 1 is 1.11 bits per heavy atom. The molecule has 4 aromatic carbocycles. The highest BCUT2D eigenvalue weighted by Gasteiger charge is 2.23. The molecule has 6 rings (SSSR count). The lowest BCUT2D eigenvalue weighted by atomic mass is 10.1. The lowest BCUT2D eigenvalue weighted by Gasteiger charge is -2.13. The molecule has 0 aliphatic heterocycles. The highest BCUT2D eigenvalue weighted by Crippen LogP contribution is 2.39. The summed E-state index contributed by atoms with van der Waals surface area (Å²) in [7, 11) is 1.35. The van der Waals surface area contributed by atoms with Crippen LogP contribution in [-0.2, 0) is 6.61 Å². The zero-order valence-corrected chi connectivity index (χ0v) is 23.7. The molecule has 12 heteroatoms. The number of para-hydroxylation sites is 1. The molecule has 0 amide bonds. The average Bonchev–Trinajstić information content (AvgIpc) is 3.46. The molecule has 2 aromatic heterocycles. The van der Waals surface area contributed by atoms with Crippen molar-refractivity contribution < 1.29 is 18.8 Å². The molecule has 0 unspecified atom stereocenters. The van der Waals surface area contributed by atoms with Crippen molar-refractivity contribution in [1.82, 2.24) is 9.66 Å². The van der Waals surface area contributed by atoms with Gasteiger partial charge in [0.05, 0.1) is 40.8 Å². The first-order valence-electron chi connectivity index (χ1n) is 13.1. The molecule has 0 aliphatic carbocycles. The van der Waals surface area contributed by atoms with Crippen LogP contribution in [-0.4, -0.2) is 27.9 Å². The second kappa shape index (κ2) is 11.7. The Morgan fingerprint density at radius 2 is 1.91 bits per heavy atom. The normalized spacial score (nSPS) is 11.2. The van der Waals surface area contributed by atoms with Gasteiger partial charge in [-0.3, -0.25) is 14.9 Å². The lowest BCUT2D eigenvalue weighted by Crippen LogP contribution is -2.20. The van der Waals surface area contributed by atoms with Gasteiger partial charge in [0.1, 0.15) is 12.2 Å². The number of nitro benzene ring substituents is 1. The maximum atomic E-state index is 13.6. The second-order valence-electron chi connectivity index (χ2n) is 9.49. The van der Waals surface area contributed by atoms with Gasteiger partial charge in [-0.05, 0) is 48.5 Å². The predicted molar refractivity (Wildman–Crippen MR) is 164 cm³/mol. The van der Waals surface area contributed by atoms with Gasteiger partial charge in [0, 0.05) is 27.6 Å². The number of halogens is 1. The standard InChI is InChI=1S/C32H20ClN5O6/c1-42-28-13-19(12-26(38(40)41)30(28)43-18-21-7-3-2-6-20(21)16-34)17-35-37-31(36-25-9-5-4-8-24(25)32(37)39)29-15-22-14-23(33)10-11-27(22)44-29/h2-15,17H,18H2,1H3. The molecule has 0 N–H and O–H groups in total. The van der Waals surface area contributed by atoms with Crippen LogP contribution < -0.4 is 15.0 Å². The summed E-state index contributed by atoms with van der Waals surface area (Å²) in [6.45, 7) is -0.0986. The maximum Gasteiger partial charge on any atom is 0.315 e. The van der Waals surface area contributed by atoms with Crippen LogP contribution in [0.2, 0.25) is 5.02 Å². The molecular weight excluding hydrogens is 586 g/mol. The van der Waals surface area contributed by atoms with Gasteiger partial charge >= 0.3 is 5.69 Å². The Bertz CT molecular complexity index is 2220. The quantitative estimate of drug-likeness (QED) is 0.106. The summed E-state index contributed by atoms with van der Waals surface area (Å²) in [6.07, 6.45) is 1.28. The van der Waals surface area contributed by atoms with Crippen molar-refractivity contribution >= 4 is 45.4 Å². The van der Waals surface area contributed by atoms with E-state index in [1.165, 1.54) is 25.5 Å². The van der Waals surface area contributed by atoms with Crippen molar-refractivity contribution in [3.05, 3.63) is 127 Å². The highest BCUT2D eigenvalue weighted by atomic mass is 35.5. The summed E-state index contributed by atoms with van der Waals surface area (Å²) < 4.78 is 18.3. The summed E-state index contributed by atoms with van der Waals surface area (Å²) in [5.74, 6) is 0.337. The minimum atomic E-state index is -0.611. The molecule has 0 saturated heterocycles. The molecule has 11 nitrogen and oxygen atoms in total. The molecule has 44 heavy (non-hydrogen) atoms. The van der Waals surface area contributed by atoms with Gasteiger partial charge in [-0.15, -0.1) is 0 Å². The number of ether oxygens (including phenoxy) is 2. The third kappa shape index (κ3) is 5.33. The monoisotopic (exact) mass is 605 g/mol. The number of benzene rings is 4. The van der Waals surface area contributed by atoms with Crippen LogP contribution in [0.1, 0.15) is 16.7 Å². The SMILES string of the molecule is COc1cc(C=Nn2c(-c3cc4cc(Cl)ccc4o3)nc3ccccc3c2=O)cc([N+](=O)[O-])c1OCc1ccccc1C#N. The van der Waals surface area contributed by atoms with Crippen molar-refractivity contribution in [1.29, 1.82) is 5.26 Å². The van der Waals surface area contributed by atoms with Crippen molar-refractivity contribution in [2.45, 2.75) is 6.61 Å². The van der Waals surface area contributed by atoms with Crippen LogP contribution in [0, 0.1) is 21.4 Å². The Morgan fingerprint density at radius 3 is 2.70 bits per heavy atom. The molecule has 0 saturated carbocycles. The number of nitriles is 1. The smallest absolute Gasteiger partial charge is 0.315 e. The number of hydrogen-bond donors (Lipinski definition) is 0. The number of fused-ring (bicyclic) bond motifs is 2. The van der Waals surface area contributed by atoms with Gasteiger partial charge in [-0.2, -0.15) is 15.0 Å². The molecule has 0 fully saturated rings. The number of hydrogen-bond acceptors (Lipinski definition) is 9. The van der Waals surface area contributed by atoms with E-state index >= 15 is 0 Å². The zero-order chi connectivity index (χ0) is 30.8. The Labute approximate surface area is 253 Å². The maximum absolute atomic E-state index is 13.6. The van der Waals surface area contributed by atoms with E-state index in [2.05, 4.69) is 16.2 Å². The van der Waals surface area contributed by atoms with Crippen LogP contribution in [0.3, 0.4) is 0 Å². The van der Waals surface area contributed by atoms with Gasteiger partial charge < -0.3 is 13.9 Å². The summed E-state index contributed by atoms with van der Waals surface area (Å²) in [4.78, 5) is 29.7. The zero-order valence-electron chi connectivity index (χ0n) is 22.9. The van der Waals surface area contributed by atoms with E-state index in [1.807, 2.05) is 0 Å². The van der Waals surface area contributed by atoms with Crippen LogP contribution in [0.5, 0.6) is 11.5 Å². The largest absolute Gasteiger partial charge is 0.493 e. The van der Waals surface area contributed by atoms with Crippen molar-refractivity contribution in [3.63, 3.8) is 0 Å². The summed E-state index contributed by atoms with van der Waals surface area (Å²) >= 11 is 6.15. The topological polar surface area (TPSA) is 146 Å². The fourth-order valence-corrected chi connectivity index (χ4v) is 4.84. The number of methoxy groups -OCH3 is 1. The third-order valence-electron chi connectivity index (χ3n) is 6.76. The van der Waals surface area contributed by atoms with E-state index in [4.69, 9.17) is 25.5 Å². The van der Waals surface area contributed by atoms with Crippen molar-refractivity contribution in [2.24, 2.45) is 5.10 Å². The van der Waals surface area contributed by atoms with Crippen molar-refractivity contribution in [2.75, 3.05) is 7.11 Å². The minimum Gasteiger partial charge on any atom is -0.493 e. The molecule has 0 spiro atoms. The van der Waals surface area contributed by atoms with Gasteiger partial charge in [0.15, 0.2) is 11.5 Å². The molecular formula is C32H20ClN5O6. The molecule has 2 heterocycles. The average molecular weight is 606 g/mol. The Kier molecular flexibility index (Phi) is 7.49. The van der Waals surface area contributed by atoms with E-state index < -0.39 is 16.2 Å². The summed E-state index contributed by atoms with van der Waals surface area (Å²) in [6, 6.07) is 25.2. The van der Waals surface area contributed by atoms with Crippen molar-refractivity contribution in [3.8, 4) is 29.2 Å². The first-order chi connectivity index (χ1) is 21.4. The molecule has 0 radical (unpaired) electrons. The van der Waals surface area contributed by atoms with Gasteiger partial charge in [-0.25, -0.2) is 4.98 Å². The highest BCUT2D eigenvalue weighted by molar-refractivity contribution is 6.31. The fourth-order valence-electron chi connectivity index (χ4n) is 4.66. The molecule has 6 aromatic rings. The molecule has 0 atom stereocenters. The van der Waals surface area contributed by atoms with Crippen LogP contribution in [0.15, 0.2) is 99.2 Å².